The summed E-state index contributed by atoms with van der Waals surface area (Å²) in [6, 6.07) is 15.7. The van der Waals surface area contributed by atoms with Crippen molar-refractivity contribution in [2.75, 3.05) is 0 Å². The molecular formula is C42H18F14N2S5. The molecule has 0 spiro atoms. The topological polar surface area (TPSA) is 47.6 Å². The van der Waals surface area contributed by atoms with Crippen LogP contribution < -0.4 is 0 Å². The Kier molecular flexibility index (Phi) is 12.4. The van der Waals surface area contributed by atoms with E-state index in [0.717, 1.165) is 52.8 Å². The molecule has 21 heteroatoms. The van der Waals surface area contributed by atoms with Gasteiger partial charge in [0.05, 0.1) is 22.3 Å². The molecular weight excluding hydrogens is 959 g/mol. The SMILES string of the molecule is CC1=C(/C=C(\C#N)c2c(F)c(F)c(C(F)(F)F)c(F)c2F)SC(c2ccc(-c3ccc(-c4ccc(-c5cc(C)c(/C=C(\C#N)c6c(F)c(F)c(C(F)(F)F)c(F)c6F)s5)s4)s3)s2)C1. The lowest BCUT2D eigenvalue weighted by Gasteiger charge is -2.14. The van der Waals surface area contributed by atoms with Crippen LogP contribution >= 0.6 is 57.1 Å². The van der Waals surface area contributed by atoms with E-state index in [1.54, 1.807) is 26.0 Å². The minimum Gasteiger partial charge on any atom is -0.203 e. The lowest BCUT2D eigenvalue weighted by molar-refractivity contribution is -0.144. The van der Waals surface area contributed by atoms with Crippen molar-refractivity contribution >= 4 is 74.3 Å². The molecule has 0 N–H and O–H groups in total. The van der Waals surface area contributed by atoms with Gasteiger partial charge >= 0.3 is 12.4 Å². The van der Waals surface area contributed by atoms with Crippen LogP contribution in [0.1, 0.15) is 56.2 Å². The number of hydrogen-bond donors (Lipinski definition) is 0. The van der Waals surface area contributed by atoms with E-state index in [1.807, 2.05) is 30.3 Å². The summed E-state index contributed by atoms with van der Waals surface area (Å²) in [4.78, 5) is 6.28. The molecule has 0 amide bonds. The highest BCUT2D eigenvalue weighted by Crippen LogP contribution is 2.52. The van der Waals surface area contributed by atoms with Crippen LogP contribution in [0.5, 0.6) is 0 Å². The van der Waals surface area contributed by atoms with Gasteiger partial charge in [0.15, 0.2) is 46.5 Å². The third-order valence-electron chi connectivity index (χ3n) is 9.45. The minimum absolute atomic E-state index is 0.245. The second-order valence-corrected chi connectivity index (χ2v) is 19.1. The molecule has 0 fully saturated rings. The summed E-state index contributed by atoms with van der Waals surface area (Å²) in [5.74, 6) is -20.1. The largest absolute Gasteiger partial charge is 0.422 e. The highest BCUT2D eigenvalue weighted by molar-refractivity contribution is 8.03. The zero-order chi connectivity index (χ0) is 46.0. The fraction of sp³-hybridized carbons (Fsp3) is 0.143. The predicted octanol–water partition coefficient (Wildman–Crippen LogP) is 16.5. The Morgan fingerprint density at radius 2 is 0.952 bits per heavy atom. The maximum Gasteiger partial charge on any atom is 0.422 e. The first kappa shape index (κ1) is 45.8. The van der Waals surface area contributed by atoms with Gasteiger partial charge in [-0.05, 0) is 80.4 Å². The van der Waals surface area contributed by atoms with Gasteiger partial charge in [0.2, 0.25) is 0 Å². The zero-order valence-corrected chi connectivity index (χ0v) is 35.3. The van der Waals surface area contributed by atoms with E-state index in [9.17, 15) is 72.0 Å². The molecule has 0 radical (unpaired) electrons. The fourth-order valence-corrected chi connectivity index (χ4v) is 12.4. The number of aryl methyl sites for hydroxylation is 1. The van der Waals surface area contributed by atoms with E-state index in [0.29, 0.717) is 27.3 Å². The Labute approximate surface area is 367 Å². The average molecular weight is 977 g/mol. The molecule has 4 aromatic heterocycles. The Hall–Kier alpha value is -5.19. The molecule has 0 saturated carbocycles. The number of nitriles is 2. The van der Waals surface area contributed by atoms with Crippen molar-refractivity contribution in [3.63, 3.8) is 0 Å². The van der Waals surface area contributed by atoms with E-state index in [1.165, 1.54) is 57.9 Å². The number of hydrogen-bond acceptors (Lipinski definition) is 7. The summed E-state index contributed by atoms with van der Waals surface area (Å²) in [7, 11) is 0. The van der Waals surface area contributed by atoms with Crippen LogP contribution in [-0.4, -0.2) is 0 Å². The highest BCUT2D eigenvalue weighted by atomic mass is 32.2. The first-order valence-corrected chi connectivity index (χ1v) is 21.6. The molecule has 2 aromatic carbocycles. The van der Waals surface area contributed by atoms with Crippen LogP contribution in [0.3, 0.4) is 0 Å². The standard InChI is InChI=1S/C42H18F14N2S5/c1-15-9-27(62-25(15)11-17(13-57)29-33(43)37(47)31(41(51,52)53)38(48)34(29)44)23-7-5-21(60-23)19-3-4-20(59-19)22-6-8-24(61-22)28-10-16(2)26(63-28)12-18(14-58)30-35(45)39(49)32(42(54,55)56)40(50)36(30)46/h3-9,11-12,28H,10H2,1-2H3/b17-11+,18-12+. The summed E-state index contributed by atoms with van der Waals surface area (Å²) in [5.41, 5.74) is -9.33. The first-order chi connectivity index (χ1) is 29.5. The molecule has 0 bridgehead atoms. The van der Waals surface area contributed by atoms with E-state index >= 15 is 0 Å². The smallest absolute Gasteiger partial charge is 0.203 e. The molecule has 0 saturated heterocycles. The first-order valence-electron chi connectivity index (χ1n) is 17.4. The van der Waals surface area contributed by atoms with Crippen LogP contribution in [0.15, 0.2) is 59.0 Å². The minimum atomic E-state index is -5.75. The number of alkyl halides is 6. The van der Waals surface area contributed by atoms with Gasteiger partial charge in [0, 0.05) is 49.2 Å². The quantitative estimate of drug-likeness (QED) is 0.0867. The van der Waals surface area contributed by atoms with Crippen molar-refractivity contribution in [2.45, 2.75) is 37.9 Å². The van der Waals surface area contributed by atoms with Crippen molar-refractivity contribution in [1.82, 2.24) is 0 Å². The van der Waals surface area contributed by atoms with Crippen LogP contribution in [0.4, 0.5) is 61.5 Å². The Morgan fingerprint density at radius 1 is 0.556 bits per heavy atom. The van der Waals surface area contributed by atoms with Gasteiger partial charge < -0.3 is 0 Å². The van der Waals surface area contributed by atoms with Gasteiger partial charge in [0.25, 0.3) is 0 Å². The molecule has 324 valence electrons. The third-order valence-corrected chi connectivity index (χ3v) is 16.2. The molecule has 1 unspecified atom stereocenters. The lowest BCUT2D eigenvalue weighted by atomic mass is 10.00. The van der Waals surface area contributed by atoms with Gasteiger partial charge in [-0.1, -0.05) is 5.57 Å². The van der Waals surface area contributed by atoms with Gasteiger partial charge in [0.1, 0.15) is 23.3 Å². The van der Waals surface area contributed by atoms with Crippen LogP contribution in [-0.2, 0) is 12.4 Å². The van der Waals surface area contributed by atoms with Gasteiger partial charge in [-0.25, -0.2) is 35.1 Å². The predicted molar refractivity (Wildman–Crippen MR) is 216 cm³/mol. The fourth-order valence-electron chi connectivity index (χ4n) is 6.43. The third kappa shape index (κ3) is 8.49. The van der Waals surface area contributed by atoms with Gasteiger partial charge in [-0.3, -0.25) is 0 Å². The summed E-state index contributed by atoms with van der Waals surface area (Å²) < 4.78 is 195. The monoisotopic (exact) mass is 976 g/mol. The maximum atomic E-state index is 14.8. The summed E-state index contributed by atoms with van der Waals surface area (Å²) >= 11 is 6.52. The van der Waals surface area contributed by atoms with Crippen molar-refractivity contribution in [2.24, 2.45) is 0 Å². The number of rotatable bonds is 8. The van der Waals surface area contributed by atoms with E-state index in [-0.39, 0.29) is 10.1 Å². The van der Waals surface area contributed by atoms with Gasteiger partial charge in [-0.2, -0.15) is 36.9 Å². The van der Waals surface area contributed by atoms with Gasteiger partial charge in [-0.15, -0.1) is 57.1 Å². The summed E-state index contributed by atoms with van der Waals surface area (Å²) in [6.45, 7) is 3.26. The number of thioether (sulfide) groups is 1. The van der Waals surface area contributed by atoms with E-state index < -0.39 is 92.3 Å². The highest BCUT2D eigenvalue weighted by Gasteiger charge is 2.44. The lowest BCUT2D eigenvalue weighted by Crippen LogP contribution is -2.16. The number of allylic oxidation sites excluding steroid dienone is 4. The molecule has 5 heterocycles. The van der Waals surface area contributed by atoms with Crippen LogP contribution in [0.25, 0.3) is 46.5 Å². The van der Waals surface area contributed by atoms with E-state index in [4.69, 9.17) is 0 Å². The normalized spacial score (nSPS) is 15.1. The number of benzene rings is 2. The molecule has 7 rings (SSSR count). The molecule has 1 aliphatic heterocycles. The Bertz CT molecular complexity index is 2970. The molecule has 2 nitrogen and oxygen atoms in total. The van der Waals surface area contributed by atoms with E-state index in [2.05, 4.69) is 0 Å². The summed E-state index contributed by atoms with van der Waals surface area (Å²) in [5, 5.41) is 19.0. The molecule has 1 atom stereocenters. The van der Waals surface area contributed by atoms with Crippen LogP contribution in [0.2, 0.25) is 0 Å². The average Bonchev–Trinajstić information content (AvgIpc) is 4.06. The maximum absolute atomic E-state index is 14.8. The molecule has 63 heavy (non-hydrogen) atoms. The Morgan fingerprint density at radius 3 is 1.38 bits per heavy atom. The van der Waals surface area contributed by atoms with Crippen molar-refractivity contribution in [1.29, 1.82) is 10.5 Å². The summed E-state index contributed by atoms with van der Waals surface area (Å²) in [6.07, 6.45) is -9.16. The number of nitrogens with zero attached hydrogens (tertiary/aromatic N) is 2. The van der Waals surface area contributed by atoms with Crippen molar-refractivity contribution < 1.29 is 61.5 Å². The zero-order valence-electron chi connectivity index (χ0n) is 31.2. The molecule has 6 aromatic rings. The Balaban J connectivity index is 1.08. The van der Waals surface area contributed by atoms with Crippen molar-refractivity contribution in [3.05, 3.63) is 143 Å². The number of halogens is 14. The number of thiophene rings is 4. The second-order valence-electron chi connectivity index (χ2n) is 13.5. The van der Waals surface area contributed by atoms with Crippen molar-refractivity contribution in [3.8, 4) is 41.4 Å². The second kappa shape index (κ2) is 17.1. The molecule has 1 aliphatic rings. The molecule has 0 aliphatic carbocycles. The van der Waals surface area contributed by atoms with Crippen LogP contribution in [0, 0.1) is 76.1 Å².